The molecule has 6 nitrogen and oxygen atoms in total. The summed E-state index contributed by atoms with van der Waals surface area (Å²) in [6.45, 7) is 3.34. The predicted molar refractivity (Wildman–Crippen MR) is 99.2 cm³/mol. The average Bonchev–Trinajstić information content (AvgIpc) is 2.50. The first-order valence-electron chi connectivity index (χ1n) is 7.71. The topological polar surface area (TPSA) is 82.5 Å². The molecule has 2 atom stereocenters. The Morgan fingerprint density at radius 3 is 2.71 bits per heavy atom. The Morgan fingerprint density at radius 2 is 2.12 bits per heavy atom. The molecule has 24 heavy (non-hydrogen) atoms. The monoisotopic (exact) mass is 397 g/mol. The first-order valence-corrected chi connectivity index (χ1v) is 9.60. The van der Waals surface area contributed by atoms with Gasteiger partial charge in [0.25, 0.3) is 0 Å². The number of piperidine rings is 2. The highest BCUT2D eigenvalue weighted by Gasteiger charge is 2.43. The van der Waals surface area contributed by atoms with Crippen molar-refractivity contribution >= 4 is 40.5 Å². The zero-order valence-corrected chi connectivity index (χ0v) is 16.1. The molecule has 0 bridgehead atoms. The zero-order chi connectivity index (χ0) is 15.8. The van der Waals surface area contributed by atoms with Crippen LogP contribution in [0.3, 0.4) is 0 Å². The molecule has 0 saturated carbocycles. The number of sulfone groups is 1. The Hall–Kier alpha value is -0.600. The number of anilines is 1. The van der Waals surface area contributed by atoms with Crippen molar-refractivity contribution in [3.05, 3.63) is 18.3 Å². The summed E-state index contributed by atoms with van der Waals surface area (Å²) in [6, 6.07) is 3.37. The van der Waals surface area contributed by atoms with Crippen molar-refractivity contribution in [1.82, 2.24) is 10.3 Å². The molecule has 1 aromatic heterocycles. The second-order valence-corrected chi connectivity index (χ2v) is 8.51. The van der Waals surface area contributed by atoms with Crippen LogP contribution in [0.1, 0.15) is 19.3 Å². The van der Waals surface area contributed by atoms with E-state index in [2.05, 4.69) is 15.2 Å². The fraction of sp³-hybridized carbons (Fsp3) is 0.667. The Morgan fingerprint density at radius 1 is 1.38 bits per heavy atom. The molecule has 9 heteroatoms. The number of aromatic nitrogens is 1. The molecule has 0 unspecified atom stereocenters. The third kappa shape index (κ3) is 4.32. The van der Waals surface area contributed by atoms with Crippen LogP contribution in [0, 0.1) is 5.41 Å². The van der Waals surface area contributed by atoms with Gasteiger partial charge >= 0.3 is 0 Å². The van der Waals surface area contributed by atoms with Gasteiger partial charge in [-0.2, -0.15) is 0 Å². The van der Waals surface area contributed by atoms with Crippen LogP contribution >= 0.6 is 24.8 Å². The molecule has 1 aromatic rings. The highest BCUT2D eigenvalue weighted by atomic mass is 35.5. The van der Waals surface area contributed by atoms with Crippen molar-refractivity contribution in [2.24, 2.45) is 5.41 Å². The molecule has 0 radical (unpaired) electrons. The van der Waals surface area contributed by atoms with E-state index in [0.717, 1.165) is 51.3 Å². The van der Waals surface area contributed by atoms with E-state index in [0.29, 0.717) is 0 Å². The molecule has 2 fully saturated rings. The standard InChI is InChI=1S/C15H23N3O3S.2ClH/c1-22(20,21)12-3-4-14(17-9-12)18-8-2-6-15(11-18)10-16-7-5-13(15)19;;/h3-4,9,13,16,19H,2,5-8,10-11H2,1H3;2*1H/t13-,15-;;/m0../s1. The van der Waals surface area contributed by atoms with E-state index in [1.165, 1.54) is 12.5 Å². The van der Waals surface area contributed by atoms with Crippen LogP contribution in [-0.4, -0.2) is 57.0 Å². The maximum absolute atomic E-state index is 11.5. The Kier molecular flexibility index (Phi) is 7.31. The molecule has 138 valence electrons. The number of hydrogen-bond donors (Lipinski definition) is 2. The summed E-state index contributed by atoms with van der Waals surface area (Å²) in [5.74, 6) is 0.782. The van der Waals surface area contributed by atoms with Crippen LogP contribution in [0.25, 0.3) is 0 Å². The third-order valence-corrected chi connectivity index (χ3v) is 5.96. The lowest BCUT2D eigenvalue weighted by Crippen LogP contribution is -2.58. The molecular weight excluding hydrogens is 373 g/mol. The fourth-order valence-corrected chi connectivity index (χ4v) is 4.11. The number of rotatable bonds is 2. The first-order chi connectivity index (χ1) is 10.4. The zero-order valence-electron chi connectivity index (χ0n) is 13.6. The molecule has 2 aliphatic heterocycles. The number of halogens is 2. The van der Waals surface area contributed by atoms with Crippen molar-refractivity contribution < 1.29 is 13.5 Å². The van der Waals surface area contributed by atoms with Gasteiger partial charge in [-0.3, -0.25) is 0 Å². The summed E-state index contributed by atoms with van der Waals surface area (Å²) >= 11 is 0. The minimum Gasteiger partial charge on any atom is -0.392 e. The molecule has 2 aliphatic rings. The third-order valence-electron chi connectivity index (χ3n) is 4.86. The van der Waals surface area contributed by atoms with Gasteiger partial charge in [0.15, 0.2) is 9.84 Å². The molecule has 2 N–H and O–H groups in total. The van der Waals surface area contributed by atoms with Gasteiger partial charge in [0.2, 0.25) is 0 Å². The lowest BCUT2D eigenvalue weighted by Gasteiger charge is -2.48. The molecule has 0 aromatic carbocycles. The number of aliphatic hydroxyl groups excluding tert-OH is 1. The second-order valence-electron chi connectivity index (χ2n) is 6.49. The smallest absolute Gasteiger partial charge is 0.177 e. The Bertz CT molecular complexity index is 638. The number of nitrogens with one attached hydrogen (secondary N) is 1. The summed E-state index contributed by atoms with van der Waals surface area (Å²) < 4.78 is 23.0. The van der Waals surface area contributed by atoms with Crippen molar-refractivity contribution in [1.29, 1.82) is 0 Å². The summed E-state index contributed by atoms with van der Waals surface area (Å²) in [4.78, 5) is 6.71. The van der Waals surface area contributed by atoms with E-state index in [1.807, 2.05) is 0 Å². The van der Waals surface area contributed by atoms with Crippen LogP contribution in [0.4, 0.5) is 5.82 Å². The first kappa shape index (κ1) is 21.4. The predicted octanol–water partition coefficient (Wildman–Crippen LogP) is 1.27. The highest BCUT2D eigenvalue weighted by Crippen LogP contribution is 2.37. The van der Waals surface area contributed by atoms with Gasteiger partial charge in [-0.05, 0) is 37.9 Å². The average molecular weight is 398 g/mol. The molecule has 2 saturated heterocycles. The summed E-state index contributed by atoms with van der Waals surface area (Å²) in [5.41, 5.74) is -0.117. The SMILES string of the molecule is CS(=O)(=O)c1ccc(N2CCC[C@]3(CNCC[C@@H]3O)C2)nc1.Cl.Cl. The fourth-order valence-electron chi connectivity index (χ4n) is 3.55. The quantitative estimate of drug-likeness (QED) is 0.781. The Labute approximate surface area is 155 Å². The van der Waals surface area contributed by atoms with Crippen molar-refractivity contribution in [3.63, 3.8) is 0 Å². The lowest BCUT2D eigenvalue weighted by atomic mass is 9.72. The molecule has 3 rings (SSSR count). The van der Waals surface area contributed by atoms with Crippen LogP contribution in [0.5, 0.6) is 0 Å². The minimum absolute atomic E-state index is 0. The van der Waals surface area contributed by atoms with Gasteiger partial charge in [-0.15, -0.1) is 24.8 Å². The van der Waals surface area contributed by atoms with E-state index >= 15 is 0 Å². The maximum Gasteiger partial charge on any atom is 0.177 e. The van der Waals surface area contributed by atoms with Gasteiger partial charge in [0, 0.05) is 37.5 Å². The van der Waals surface area contributed by atoms with Gasteiger partial charge in [0.1, 0.15) is 5.82 Å². The number of pyridine rings is 1. The number of hydrogen-bond acceptors (Lipinski definition) is 6. The van der Waals surface area contributed by atoms with E-state index in [9.17, 15) is 13.5 Å². The van der Waals surface area contributed by atoms with Crippen LogP contribution in [0.2, 0.25) is 0 Å². The van der Waals surface area contributed by atoms with Crippen LogP contribution in [-0.2, 0) is 9.84 Å². The lowest BCUT2D eigenvalue weighted by molar-refractivity contribution is -0.0102. The van der Waals surface area contributed by atoms with Gasteiger partial charge in [-0.1, -0.05) is 0 Å². The number of aliphatic hydroxyl groups is 1. The van der Waals surface area contributed by atoms with Crippen molar-refractivity contribution in [2.45, 2.75) is 30.3 Å². The van der Waals surface area contributed by atoms with Gasteiger partial charge in [0.05, 0.1) is 11.0 Å². The maximum atomic E-state index is 11.5. The Balaban J connectivity index is 0.00000144. The molecular formula is C15H25Cl2N3O3S. The minimum atomic E-state index is -3.22. The summed E-state index contributed by atoms with van der Waals surface area (Å²) in [6.07, 6.45) is 5.12. The summed E-state index contributed by atoms with van der Waals surface area (Å²) in [7, 11) is -3.22. The van der Waals surface area contributed by atoms with Crippen LogP contribution in [0.15, 0.2) is 23.2 Å². The van der Waals surface area contributed by atoms with E-state index in [4.69, 9.17) is 0 Å². The highest BCUT2D eigenvalue weighted by molar-refractivity contribution is 7.90. The van der Waals surface area contributed by atoms with Crippen molar-refractivity contribution in [2.75, 3.05) is 37.3 Å². The van der Waals surface area contributed by atoms with E-state index in [-0.39, 0.29) is 41.2 Å². The molecule has 0 amide bonds. The summed E-state index contributed by atoms with van der Waals surface area (Å²) in [5, 5.41) is 13.8. The number of nitrogens with zero attached hydrogens (tertiary/aromatic N) is 2. The van der Waals surface area contributed by atoms with Crippen molar-refractivity contribution in [3.8, 4) is 0 Å². The normalized spacial score (nSPS) is 27.2. The van der Waals surface area contributed by atoms with Gasteiger partial charge in [-0.25, -0.2) is 13.4 Å². The molecule has 3 heterocycles. The van der Waals surface area contributed by atoms with E-state index < -0.39 is 9.84 Å². The van der Waals surface area contributed by atoms with E-state index in [1.54, 1.807) is 12.1 Å². The van der Waals surface area contributed by atoms with Crippen LogP contribution < -0.4 is 10.2 Å². The largest absolute Gasteiger partial charge is 0.392 e. The molecule has 1 spiro atoms. The second kappa shape index (κ2) is 8.19. The molecule has 0 aliphatic carbocycles. The van der Waals surface area contributed by atoms with Gasteiger partial charge < -0.3 is 15.3 Å².